The lowest BCUT2D eigenvalue weighted by atomic mass is 9.83. The number of aromatic nitrogens is 2. The number of hydrogen-bond acceptors (Lipinski definition) is 4. The van der Waals surface area contributed by atoms with Crippen LogP contribution in [-0.4, -0.2) is 15.2 Å². The molecule has 0 atom stereocenters. The van der Waals surface area contributed by atoms with E-state index in [-0.39, 0.29) is 5.75 Å². The van der Waals surface area contributed by atoms with Gasteiger partial charge >= 0.3 is 0 Å². The van der Waals surface area contributed by atoms with E-state index in [1.54, 1.807) is 12.1 Å². The largest absolute Gasteiger partial charge is 0.507 e. The normalized spacial score (nSPS) is 22.9. The Balaban J connectivity index is 1.81. The molecule has 1 heterocycles. The maximum absolute atomic E-state index is 9.71. The van der Waals surface area contributed by atoms with Crippen LogP contribution in [0.15, 0.2) is 27.2 Å². The number of benzene rings is 1. The highest BCUT2D eigenvalue weighted by atomic mass is 79.9. The molecule has 1 aliphatic carbocycles. The molecule has 20 heavy (non-hydrogen) atoms. The monoisotopic (exact) mass is 336 g/mol. The fourth-order valence-corrected chi connectivity index (χ4v) is 2.93. The summed E-state index contributed by atoms with van der Waals surface area (Å²) in [7, 11) is 0. The number of aromatic hydroxyl groups is 1. The van der Waals surface area contributed by atoms with Gasteiger partial charge in [0.05, 0.1) is 4.47 Å². The zero-order chi connectivity index (χ0) is 14.1. The molecule has 1 aromatic heterocycles. The molecule has 0 bridgehead atoms. The average molecular weight is 337 g/mol. The van der Waals surface area contributed by atoms with Crippen molar-refractivity contribution in [1.82, 2.24) is 10.1 Å². The van der Waals surface area contributed by atoms with Crippen molar-refractivity contribution in [2.75, 3.05) is 0 Å². The van der Waals surface area contributed by atoms with Crippen LogP contribution in [0.2, 0.25) is 0 Å². The zero-order valence-corrected chi connectivity index (χ0v) is 12.9. The molecule has 1 aliphatic rings. The van der Waals surface area contributed by atoms with Gasteiger partial charge in [-0.05, 0) is 52.9 Å². The van der Waals surface area contributed by atoms with Crippen molar-refractivity contribution in [3.63, 3.8) is 0 Å². The van der Waals surface area contributed by atoms with Crippen LogP contribution in [-0.2, 0) is 0 Å². The number of phenolic OH excluding ortho intramolecular Hbond substituents is 1. The maximum Gasteiger partial charge on any atom is 0.258 e. The molecule has 0 amide bonds. The van der Waals surface area contributed by atoms with Crippen LogP contribution in [0.1, 0.15) is 44.3 Å². The predicted molar refractivity (Wildman–Crippen MR) is 79.5 cm³/mol. The topological polar surface area (TPSA) is 59.2 Å². The Morgan fingerprint density at radius 3 is 2.70 bits per heavy atom. The van der Waals surface area contributed by atoms with Gasteiger partial charge in [0, 0.05) is 11.5 Å². The van der Waals surface area contributed by atoms with Crippen LogP contribution < -0.4 is 0 Å². The highest BCUT2D eigenvalue weighted by molar-refractivity contribution is 9.10. The Bertz CT molecular complexity index is 604. The minimum Gasteiger partial charge on any atom is -0.507 e. The van der Waals surface area contributed by atoms with Crippen molar-refractivity contribution in [3.05, 3.63) is 28.5 Å². The Morgan fingerprint density at radius 1 is 1.25 bits per heavy atom. The van der Waals surface area contributed by atoms with Gasteiger partial charge in [0.2, 0.25) is 0 Å². The van der Waals surface area contributed by atoms with Gasteiger partial charge in [0.25, 0.3) is 5.89 Å². The Kier molecular flexibility index (Phi) is 3.78. The van der Waals surface area contributed by atoms with Crippen molar-refractivity contribution in [3.8, 4) is 17.2 Å². The lowest BCUT2D eigenvalue weighted by Crippen LogP contribution is -2.11. The second-order valence-corrected chi connectivity index (χ2v) is 6.44. The summed E-state index contributed by atoms with van der Waals surface area (Å²) in [5.41, 5.74) is 0.744. The summed E-state index contributed by atoms with van der Waals surface area (Å²) in [6, 6.07) is 5.26. The quantitative estimate of drug-likeness (QED) is 0.877. The smallest absolute Gasteiger partial charge is 0.258 e. The first-order valence-electron chi connectivity index (χ1n) is 6.96. The molecular weight excluding hydrogens is 320 g/mol. The van der Waals surface area contributed by atoms with E-state index in [0.29, 0.717) is 16.3 Å². The van der Waals surface area contributed by atoms with Crippen LogP contribution >= 0.6 is 15.9 Å². The number of hydrogen-bond donors (Lipinski definition) is 1. The van der Waals surface area contributed by atoms with E-state index in [1.807, 2.05) is 6.07 Å². The van der Waals surface area contributed by atoms with E-state index in [2.05, 4.69) is 33.0 Å². The van der Waals surface area contributed by atoms with Crippen molar-refractivity contribution in [1.29, 1.82) is 0 Å². The molecule has 1 saturated carbocycles. The van der Waals surface area contributed by atoms with Gasteiger partial charge in [-0.15, -0.1) is 0 Å². The van der Waals surface area contributed by atoms with Gasteiger partial charge in [-0.1, -0.05) is 24.9 Å². The molecule has 106 valence electrons. The molecule has 0 saturated heterocycles. The summed E-state index contributed by atoms with van der Waals surface area (Å²) in [5.74, 6) is 2.67. The van der Waals surface area contributed by atoms with Gasteiger partial charge in [-0.25, -0.2) is 0 Å². The molecule has 1 N–H and O–H groups in total. The minimum absolute atomic E-state index is 0.175. The standard InChI is InChI=1S/C15H17BrN2O2/c1-9-2-4-10(5-3-9)14-17-15(20-18-14)11-6-7-12(16)13(19)8-11/h6-10,19H,2-5H2,1H3. The first-order chi connectivity index (χ1) is 9.63. The lowest BCUT2D eigenvalue weighted by molar-refractivity contribution is 0.329. The molecule has 2 aromatic rings. The van der Waals surface area contributed by atoms with Crippen molar-refractivity contribution >= 4 is 15.9 Å². The van der Waals surface area contributed by atoms with Crippen molar-refractivity contribution in [2.45, 2.75) is 38.5 Å². The highest BCUT2D eigenvalue weighted by Gasteiger charge is 2.24. The molecular formula is C15H17BrN2O2. The molecule has 0 aliphatic heterocycles. The second kappa shape index (κ2) is 5.56. The second-order valence-electron chi connectivity index (χ2n) is 5.58. The van der Waals surface area contributed by atoms with E-state index in [4.69, 9.17) is 4.52 Å². The Hall–Kier alpha value is -1.36. The average Bonchev–Trinajstić information content (AvgIpc) is 2.92. The van der Waals surface area contributed by atoms with Crippen LogP contribution in [0.25, 0.3) is 11.5 Å². The van der Waals surface area contributed by atoms with Crippen molar-refractivity contribution in [2.24, 2.45) is 5.92 Å². The molecule has 0 unspecified atom stereocenters. The van der Waals surface area contributed by atoms with E-state index >= 15 is 0 Å². The van der Waals surface area contributed by atoms with Crippen LogP contribution in [0.4, 0.5) is 0 Å². The highest BCUT2D eigenvalue weighted by Crippen LogP contribution is 2.35. The third kappa shape index (κ3) is 2.73. The molecule has 1 fully saturated rings. The van der Waals surface area contributed by atoms with E-state index < -0.39 is 0 Å². The fourth-order valence-electron chi connectivity index (χ4n) is 2.68. The fraction of sp³-hybridized carbons (Fsp3) is 0.467. The van der Waals surface area contributed by atoms with Crippen LogP contribution in [0.3, 0.4) is 0 Å². The zero-order valence-electron chi connectivity index (χ0n) is 11.3. The summed E-state index contributed by atoms with van der Waals surface area (Å²) in [4.78, 5) is 4.50. The molecule has 5 heteroatoms. The molecule has 3 rings (SSSR count). The molecule has 1 aromatic carbocycles. The molecule has 0 radical (unpaired) electrons. The summed E-state index contributed by atoms with van der Waals surface area (Å²) in [6.45, 7) is 2.29. The van der Waals surface area contributed by atoms with Gasteiger partial charge in [-0.2, -0.15) is 4.98 Å². The van der Waals surface area contributed by atoms with Gasteiger partial charge in [-0.3, -0.25) is 0 Å². The minimum atomic E-state index is 0.175. The first kappa shape index (κ1) is 13.6. The number of nitrogens with zero attached hydrogens (tertiary/aromatic N) is 2. The van der Waals surface area contributed by atoms with E-state index in [1.165, 1.54) is 12.8 Å². The molecule has 4 nitrogen and oxygen atoms in total. The van der Waals surface area contributed by atoms with Gasteiger partial charge in [0.15, 0.2) is 5.82 Å². The van der Waals surface area contributed by atoms with Crippen molar-refractivity contribution < 1.29 is 9.63 Å². The third-order valence-corrected chi connectivity index (χ3v) is 4.69. The Morgan fingerprint density at radius 2 is 2.00 bits per heavy atom. The summed E-state index contributed by atoms with van der Waals surface area (Å²) < 4.78 is 5.99. The Labute approximate surface area is 126 Å². The number of phenols is 1. The summed E-state index contributed by atoms with van der Waals surface area (Å²) >= 11 is 3.26. The van der Waals surface area contributed by atoms with Crippen LogP contribution in [0, 0.1) is 5.92 Å². The summed E-state index contributed by atoms with van der Waals surface area (Å²) in [6.07, 6.45) is 4.72. The van der Waals surface area contributed by atoms with Gasteiger partial charge in [0.1, 0.15) is 5.75 Å². The SMILES string of the molecule is CC1CCC(c2noc(-c3ccc(Br)c(O)c3)n2)CC1. The van der Waals surface area contributed by atoms with E-state index in [9.17, 15) is 5.11 Å². The molecule has 0 spiro atoms. The van der Waals surface area contributed by atoms with Gasteiger partial charge < -0.3 is 9.63 Å². The van der Waals surface area contributed by atoms with E-state index in [0.717, 1.165) is 30.1 Å². The summed E-state index contributed by atoms with van der Waals surface area (Å²) in [5, 5.41) is 13.8. The maximum atomic E-state index is 9.71. The lowest BCUT2D eigenvalue weighted by Gasteiger charge is -2.23. The predicted octanol–water partition coefficient (Wildman–Crippen LogP) is 4.50. The van der Waals surface area contributed by atoms with Crippen LogP contribution in [0.5, 0.6) is 5.75 Å². The third-order valence-electron chi connectivity index (χ3n) is 4.02. The first-order valence-corrected chi connectivity index (χ1v) is 7.75. The number of halogens is 1. The number of rotatable bonds is 2.